The topological polar surface area (TPSA) is 483 Å². The molecule has 0 bridgehead atoms. The van der Waals surface area contributed by atoms with Gasteiger partial charge in [-0.15, -0.1) is 0 Å². The lowest BCUT2D eigenvalue weighted by Crippen LogP contribution is -2.62. The lowest BCUT2D eigenvalue weighted by Gasteiger charge is -2.27. The van der Waals surface area contributed by atoms with Gasteiger partial charge in [-0.25, -0.2) is 19.7 Å². The third-order valence-corrected chi connectivity index (χ3v) is 11.1. The zero-order chi connectivity index (χ0) is 56.5. The molecule has 0 aliphatic carbocycles. The van der Waals surface area contributed by atoms with Crippen molar-refractivity contribution < 1.29 is 98.6 Å². The van der Waals surface area contributed by atoms with Crippen LogP contribution in [0.2, 0.25) is 0 Å². The lowest BCUT2D eigenvalue weighted by molar-refractivity contribution is -0.163. The second kappa shape index (κ2) is 37.2. The van der Waals surface area contributed by atoms with Crippen LogP contribution in [0.1, 0.15) is 124 Å². The van der Waals surface area contributed by atoms with E-state index in [1.54, 1.807) is 0 Å². The number of rotatable bonds is 40. The minimum atomic E-state index is -2.52. The molecule has 0 radical (unpaired) electrons. The molecule has 0 saturated carbocycles. The van der Waals surface area contributed by atoms with Gasteiger partial charge in [0.25, 0.3) is 0 Å². The highest BCUT2D eigenvalue weighted by molar-refractivity contribution is 5.98. The zero-order valence-corrected chi connectivity index (χ0v) is 41.9. The monoisotopic (exact) mass is 1060 g/mol. The number of hydrogen-bond donors (Lipinski definition) is 16. The average molecular weight is 1070 g/mol. The Hall–Kier alpha value is -6.60. The fraction of sp³-hybridized carbons (Fsp3) is 0.727. The first-order chi connectivity index (χ1) is 34.8. The predicted octanol–water partition coefficient (Wildman–Crippen LogP) is -4.89. The van der Waals surface area contributed by atoms with Crippen LogP contribution in [0.5, 0.6) is 0 Å². The Morgan fingerprint density at radius 1 is 0.446 bits per heavy atom. The Kier molecular flexibility index (Phi) is 33.9. The standard InChI is InChI=1S/C44H76N10O20/c1-4-5-6-7-8-9-10-11-12-17-34(61)52-35(36(62)44(71)72)42(68)51-32(24-57)41(67)50-30(22-55)39(65)47-28(18-19-33(45)60)38(64)46-27(15-13-20-53(73)25(2)58)37(63)49-31(23-56)40(66)48-29(43(69)70)16-14-21-54(74)26(3)59/h27-32,35-36,55-57,62,73-74H,4-24H2,1-3H3,(H2,45,60)(H,46,64)(H,47,65)(H,48,66)(H,49,63)(H,50,67)(H,51,68)(H,52,61)(H,69,70)(H,71,72). The minimum absolute atomic E-state index is 0.121. The maximum absolute atomic E-state index is 13.8. The number of nitrogens with zero attached hydrogens (tertiary/aromatic N) is 2. The Morgan fingerprint density at radius 3 is 1.18 bits per heavy atom. The summed E-state index contributed by atoms with van der Waals surface area (Å²) in [5.74, 6) is -14.7. The van der Waals surface area contributed by atoms with Crippen molar-refractivity contribution in [2.45, 2.75) is 172 Å². The molecule has 0 rings (SSSR count). The summed E-state index contributed by atoms with van der Waals surface area (Å²) in [4.78, 5) is 151. The number of carboxylic acid groups (broad SMARTS) is 2. The fourth-order valence-corrected chi connectivity index (χ4v) is 6.76. The number of primary amides is 1. The largest absolute Gasteiger partial charge is 0.480 e. The molecule has 30 heteroatoms. The summed E-state index contributed by atoms with van der Waals surface area (Å²) in [5.41, 5.74) is 5.26. The summed E-state index contributed by atoms with van der Waals surface area (Å²) in [7, 11) is 0. The molecule has 8 atom stereocenters. The summed E-state index contributed by atoms with van der Waals surface area (Å²) in [6.45, 7) is -0.166. The second-order valence-electron chi connectivity index (χ2n) is 17.2. The van der Waals surface area contributed by atoms with E-state index >= 15 is 0 Å². The molecule has 30 nitrogen and oxygen atoms in total. The molecule has 0 saturated heterocycles. The van der Waals surface area contributed by atoms with Crippen LogP contribution < -0.4 is 43.0 Å². The van der Waals surface area contributed by atoms with E-state index in [1.165, 1.54) is 0 Å². The highest BCUT2D eigenvalue weighted by Gasteiger charge is 2.37. The smallest absolute Gasteiger partial charge is 0.335 e. The van der Waals surface area contributed by atoms with Crippen molar-refractivity contribution in [3.63, 3.8) is 0 Å². The number of carbonyl (C=O) groups is 12. The molecule has 0 aliphatic rings. The Morgan fingerprint density at radius 2 is 0.797 bits per heavy atom. The SMILES string of the molecule is CCCCCCCCCCCC(=O)NC(C(=O)NC(CO)C(=O)NC(CO)C(=O)NC(CCC(N)=O)C(=O)NC(CCCN(O)C(C)=O)C(=O)NC(CO)C(=O)NC(CCCN(O)C(C)=O)C(=O)O)C(O)C(=O)O. The molecule has 8 unspecified atom stereocenters. The molecule has 0 aromatic heterocycles. The van der Waals surface area contributed by atoms with Gasteiger partial charge in [0.15, 0.2) is 6.10 Å². The van der Waals surface area contributed by atoms with E-state index in [0.29, 0.717) is 17.9 Å². The maximum atomic E-state index is 13.8. The normalized spacial score (nSPS) is 14.2. The summed E-state index contributed by atoms with van der Waals surface area (Å²) >= 11 is 0. The molecule has 0 spiro atoms. The minimum Gasteiger partial charge on any atom is -0.480 e. The molecule has 0 aromatic rings. The van der Waals surface area contributed by atoms with Crippen molar-refractivity contribution in [1.29, 1.82) is 0 Å². The van der Waals surface area contributed by atoms with Gasteiger partial charge in [-0.3, -0.25) is 58.4 Å². The Labute approximate surface area is 426 Å². The van der Waals surface area contributed by atoms with Gasteiger partial charge in [-0.1, -0.05) is 58.3 Å². The number of hydroxylamine groups is 4. The van der Waals surface area contributed by atoms with E-state index in [-0.39, 0.29) is 37.3 Å². The van der Waals surface area contributed by atoms with Crippen molar-refractivity contribution in [3.05, 3.63) is 0 Å². The van der Waals surface area contributed by atoms with Crippen LogP contribution in [0, 0.1) is 0 Å². The van der Waals surface area contributed by atoms with Crippen molar-refractivity contribution in [1.82, 2.24) is 47.3 Å². The van der Waals surface area contributed by atoms with Gasteiger partial charge >= 0.3 is 11.9 Å². The first-order valence-electron chi connectivity index (χ1n) is 24.1. The van der Waals surface area contributed by atoms with Crippen molar-refractivity contribution >= 4 is 71.0 Å². The third-order valence-electron chi connectivity index (χ3n) is 11.1. The number of unbranched alkanes of at least 4 members (excludes halogenated alkanes) is 8. The van der Waals surface area contributed by atoms with Crippen LogP contribution in [0.3, 0.4) is 0 Å². The van der Waals surface area contributed by atoms with Crippen LogP contribution in [-0.2, 0) is 57.5 Å². The summed E-state index contributed by atoms with van der Waals surface area (Å²) < 4.78 is 0. The lowest BCUT2D eigenvalue weighted by atomic mass is 10.1. The summed E-state index contributed by atoms with van der Waals surface area (Å²) in [5, 5.41) is 94.1. The average Bonchev–Trinajstić information content (AvgIpc) is 3.34. The Bertz CT molecular complexity index is 1880. The number of aliphatic hydroxyl groups is 4. The van der Waals surface area contributed by atoms with Gasteiger partial charge in [-0.05, 0) is 38.5 Å². The number of carboxylic acids is 2. The van der Waals surface area contributed by atoms with Crippen molar-refractivity contribution in [2.24, 2.45) is 5.73 Å². The van der Waals surface area contributed by atoms with E-state index in [4.69, 9.17) is 5.73 Å². The molecule has 0 heterocycles. The first-order valence-corrected chi connectivity index (χ1v) is 24.1. The van der Waals surface area contributed by atoms with Gasteiger partial charge in [0.2, 0.25) is 59.1 Å². The van der Waals surface area contributed by atoms with Gasteiger partial charge in [-0.2, -0.15) is 0 Å². The number of carbonyl (C=O) groups excluding carboxylic acids is 10. The van der Waals surface area contributed by atoms with E-state index in [0.717, 1.165) is 58.8 Å². The second-order valence-corrected chi connectivity index (χ2v) is 17.2. The predicted molar refractivity (Wildman–Crippen MR) is 253 cm³/mol. The maximum Gasteiger partial charge on any atom is 0.335 e. The van der Waals surface area contributed by atoms with Gasteiger partial charge in [0.05, 0.1) is 19.8 Å². The number of nitrogens with two attached hydrogens (primary N) is 1. The van der Waals surface area contributed by atoms with E-state index < -0.39 is 165 Å². The highest BCUT2D eigenvalue weighted by atomic mass is 16.5. The molecule has 10 amide bonds. The van der Waals surface area contributed by atoms with Gasteiger partial charge in [0, 0.05) is 39.8 Å². The first kappa shape index (κ1) is 67.4. The summed E-state index contributed by atoms with van der Waals surface area (Å²) in [6, 6.07) is -13.3. The van der Waals surface area contributed by atoms with Crippen LogP contribution in [0.4, 0.5) is 0 Å². The molecule has 17 N–H and O–H groups in total. The molecule has 0 fully saturated rings. The van der Waals surface area contributed by atoms with Gasteiger partial charge in [0.1, 0.15) is 42.3 Å². The van der Waals surface area contributed by atoms with Crippen LogP contribution in [0.25, 0.3) is 0 Å². The number of nitrogens with one attached hydrogen (secondary N) is 7. The quantitative estimate of drug-likeness (QED) is 0.0155. The fourth-order valence-electron chi connectivity index (χ4n) is 6.76. The van der Waals surface area contributed by atoms with Crippen molar-refractivity contribution in [2.75, 3.05) is 32.9 Å². The van der Waals surface area contributed by atoms with E-state index in [9.17, 15) is 98.6 Å². The van der Waals surface area contributed by atoms with Gasteiger partial charge < -0.3 is 73.6 Å². The van der Waals surface area contributed by atoms with E-state index in [2.05, 4.69) is 33.5 Å². The molecular weight excluding hydrogens is 989 g/mol. The highest BCUT2D eigenvalue weighted by Crippen LogP contribution is 2.12. The molecule has 0 aliphatic heterocycles. The van der Waals surface area contributed by atoms with Crippen LogP contribution in [-0.4, -0.2) is 203 Å². The number of aliphatic carboxylic acids is 2. The summed E-state index contributed by atoms with van der Waals surface area (Å²) in [6.07, 6.45) is 3.28. The third kappa shape index (κ3) is 27.5. The molecular formula is C44H76N10O20. The number of amides is 10. The number of hydrogen-bond acceptors (Lipinski definition) is 18. The molecule has 0 aromatic carbocycles. The van der Waals surface area contributed by atoms with Crippen LogP contribution >= 0.6 is 0 Å². The van der Waals surface area contributed by atoms with Crippen LogP contribution in [0.15, 0.2) is 0 Å². The molecule has 422 valence electrons. The Balaban J connectivity index is 6.22. The van der Waals surface area contributed by atoms with Crippen molar-refractivity contribution in [3.8, 4) is 0 Å². The number of aliphatic hydroxyl groups excluding tert-OH is 4. The zero-order valence-electron chi connectivity index (χ0n) is 41.9. The molecule has 74 heavy (non-hydrogen) atoms. The van der Waals surface area contributed by atoms with E-state index in [1.807, 2.05) is 10.6 Å².